The third-order valence-electron chi connectivity index (χ3n) is 3.96. The minimum absolute atomic E-state index is 0.974. The molecule has 0 radical (unpaired) electrons. The predicted molar refractivity (Wildman–Crippen MR) is 82.9 cm³/mol. The lowest BCUT2D eigenvalue weighted by atomic mass is 10.1. The first-order valence-corrected chi connectivity index (χ1v) is 7.52. The SMILES string of the molecule is CCNCc1cc(C)ccc1N1CCN(CC)CC1. The molecular formula is C16H27N3. The van der Waals surface area contributed by atoms with E-state index < -0.39 is 0 Å². The lowest BCUT2D eigenvalue weighted by Gasteiger charge is -2.36. The van der Waals surface area contributed by atoms with Gasteiger partial charge in [-0.25, -0.2) is 0 Å². The highest BCUT2D eigenvalue weighted by atomic mass is 15.3. The van der Waals surface area contributed by atoms with E-state index in [0.717, 1.165) is 26.2 Å². The zero-order chi connectivity index (χ0) is 13.7. The number of benzene rings is 1. The second-order valence-electron chi connectivity index (χ2n) is 5.33. The van der Waals surface area contributed by atoms with Crippen molar-refractivity contribution in [1.29, 1.82) is 0 Å². The van der Waals surface area contributed by atoms with Gasteiger partial charge in [0.15, 0.2) is 0 Å². The second kappa shape index (κ2) is 6.92. The first kappa shape index (κ1) is 14.4. The molecule has 3 nitrogen and oxygen atoms in total. The molecule has 2 rings (SSSR count). The summed E-state index contributed by atoms with van der Waals surface area (Å²) < 4.78 is 0. The molecule has 0 spiro atoms. The first-order valence-electron chi connectivity index (χ1n) is 7.52. The van der Waals surface area contributed by atoms with Gasteiger partial charge in [0.1, 0.15) is 0 Å². The van der Waals surface area contributed by atoms with Crippen molar-refractivity contribution in [2.75, 3.05) is 44.2 Å². The summed E-state index contributed by atoms with van der Waals surface area (Å²) in [6, 6.07) is 6.85. The molecule has 1 heterocycles. The van der Waals surface area contributed by atoms with Crippen LogP contribution in [-0.2, 0) is 6.54 Å². The van der Waals surface area contributed by atoms with E-state index in [1.165, 1.54) is 36.4 Å². The van der Waals surface area contributed by atoms with Gasteiger partial charge in [-0.2, -0.15) is 0 Å². The van der Waals surface area contributed by atoms with Crippen molar-refractivity contribution in [3.05, 3.63) is 29.3 Å². The summed E-state index contributed by atoms with van der Waals surface area (Å²) in [5.74, 6) is 0. The molecule has 1 aromatic carbocycles. The van der Waals surface area contributed by atoms with Crippen LogP contribution in [0.3, 0.4) is 0 Å². The molecule has 1 fully saturated rings. The standard InChI is InChI=1S/C16H27N3/c1-4-17-13-15-12-14(3)6-7-16(15)19-10-8-18(5-2)9-11-19/h6-7,12,17H,4-5,8-11,13H2,1-3H3. The maximum absolute atomic E-state index is 3.45. The first-order chi connectivity index (χ1) is 9.24. The summed E-state index contributed by atoms with van der Waals surface area (Å²) in [6.45, 7) is 14.4. The van der Waals surface area contributed by atoms with Gasteiger partial charge in [-0.15, -0.1) is 0 Å². The number of aryl methyl sites for hydroxylation is 1. The van der Waals surface area contributed by atoms with E-state index in [1.54, 1.807) is 0 Å². The number of piperazine rings is 1. The van der Waals surface area contributed by atoms with Gasteiger partial charge in [-0.05, 0) is 31.6 Å². The third kappa shape index (κ3) is 3.71. The minimum atomic E-state index is 0.974. The Morgan fingerprint density at radius 3 is 2.47 bits per heavy atom. The number of hydrogen-bond donors (Lipinski definition) is 1. The normalized spacial score (nSPS) is 16.9. The fourth-order valence-corrected chi connectivity index (χ4v) is 2.73. The van der Waals surface area contributed by atoms with E-state index in [2.05, 4.69) is 54.1 Å². The average molecular weight is 261 g/mol. The van der Waals surface area contributed by atoms with E-state index in [1.807, 2.05) is 0 Å². The molecule has 1 saturated heterocycles. The highest BCUT2D eigenvalue weighted by Crippen LogP contribution is 2.23. The Bertz CT molecular complexity index is 395. The predicted octanol–water partition coefficient (Wildman–Crippen LogP) is 2.25. The molecule has 3 heteroatoms. The summed E-state index contributed by atoms with van der Waals surface area (Å²) in [5.41, 5.74) is 4.21. The van der Waals surface area contributed by atoms with E-state index >= 15 is 0 Å². The molecule has 1 N–H and O–H groups in total. The Morgan fingerprint density at radius 1 is 1.11 bits per heavy atom. The van der Waals surface area contributed by atoms with Gasteiger partial charge >= 0.3 is 0 Å². The van der Waals surface area contributed by atoms with Crippen LogP contribution in [0.4, 0.5) is 5.69 Å². The summed E-state index contributed by atoms with van der Waals surface area (Å²) in [4.78, 5) is 5.06. The minimum Gasteiger partial charge on any atom is -0.369 e. The molecule has 0 unspecified atom stereocenters. The number of anilines is 1. The highest BCUT2D eigenvalue weighted by Gasteiger charge is 2.17. The Kier molecular flexibility index (Phi) is 5.23. The van der Waals surface area contributed by atoms with Crippen molar-refractivity contribution in [3.8, 4) is 0 Å². The van der Waals surface area contributed by atoms with Crippen molar-refractivity contribution in [2.24, 2.45) is 0 Å². The van der Waals surface area contributed by atoms with Crippen LogP contribution < -0.4 is 10.2 Å². The molecule has 1 aromatic rings. The second-order valence-corrected chi connectivity index (χ2v) is 5.33. The Labute approximate surface area is 117 Å². The largest absolute Gasteiger partial charge is 0.369 e. The fraction of sp³-hybridized carbons (Fsp3) is 0.625. The zero-order valence-electron chi connectivity index (χ0n) is 12.6. The molecule has 0 atom stereocenters. The van der Waals surface area contributed by atoms with E-state index in [-0.39, 0.29) is 0 Å². The molecule has 19 heavy (non-hydrogen) atoms. The monoisotopic (exact) mass is 261 g/mol. The molecule has 0 saturated carbocycles. The van der Waals surface area contributed by atoms with Gasteiger partial charge in [0.25, 0.3) is 0 Å². The van der Waals surface area contributed by atoms with Crippen molar-refractivity contribution in [1.82, 2.24) is 10.2 Å². The molecule has 0 bridgehead atoms. The molecular weight excluding hydrogens is 234 g/mol. The number of likely N-dealkylation sites (N-methyl/N-ethyl adjacent to an activating group) is 1. The van der Waals surface area contributed by atoms with Crippen LogP contribution in [0.15, 0.2) is 18.2 Å². The van der Waals surface area contributed by atoms with E-state index in [0.29, 0.717) is 0 Å². The Balaban J connectivity index is 2.10. The number of nitrogens with zero attached hydrogens (tertiary/aromatic N) is 2. The van der Waals surface area contributed by atoms with Crippen molar-refractivity contribution in [2.45, 2.75) is 27.3 Å². The summed E-state index contributed by atoms with van der Waals surface area (Å²) in [7, 11) is 0. The van der Waals surface area contributed by atoms with Crippen LogP contribution in [-0.4, -0.2) is 44.2 Å². The van der Waals surface area contributed by atoms with Gasteiger partial charge in [-0.1, -0.05) is 31.5 Å². The summed E-state index contributed by atoms with van der Waals surface area (Å²) in [6.07, 6.45) is 0. The van der Waals surface area contributed by atoms with Crippen LogP contribution in [0.1, 0.15) is 25.0 Å². The van der Waals surface area contributed by atoms with Gasteiger partial charge in [0.2, 0.25) is 0 Å². The molecule has 106 valence electrons. The van der Waals surface area contributed by atoms with Crippen molar-refractivity contribution >= 4 is 5.69 Å². The summed E-state index contributed by atoms with van der Waals surface area (Å²) >= 11 is 0. The zero-order valence-corrected chi connectivity index (χ0v) is 12.6. The average Bonchev–Trinajstić information content (AvgIpc) is 2.45. The third-order valence-corrected chi connectivity index (χ3v) is 3.96. The molecule has 0 aliphatic carbocycles. The highest BCUT2D eigenvalue weighted by molar-refractivity contribution is 5.55. The van der Waals surface area contributed by atoms with E-state index in [9.17, 15) is 0 Å². The van der Waals surface area contributed by atoms with Gasteiger partial charge in [0.05, 0.1) is 0 Å². The maximum Gasteiger partial charge on any atom is 0.0412 e. The Morgan fingerprint density at radius 2 is 1.84 bits per heavy atom. The van der Waals surface area contributed by atoms with Crippen LogP contribution in [0, 0.1) is 6.92 Å². The fourth-order valence-electron chi connectivity index (χ4n) is 2.73. The van der Waals surface area contributed by atoms with Crippen molar-refractivity contribution in [3.63, 3.8) is 0 Å². The van der Waals surface area contributed by atoms with Gasteiger partial charge in [0, 0.05) is 38.4 Å². The van der Waals surface area contributed by atoms with Crippen LogP contribution in [0.25, 0.3) is 0 Å². The lowest BCUT2D eigenvalue weighted by molar-refractivity contribution is 0.271. The number of rotatable bonds is 5. The molecule has 0 aromatic heterocycles. The van der Waals surface area contributed by atoms with Crippen molar-refractivity contribution < 1.29 is 0 Å². The van der Waals surface area contributed by atoms with E-state index in [4.69, 9.17) is 0 Å². The Hall–Kier alpha value is -1.06. The van der Waals surface area contributed by atoms with Crippen LogP contribution >= 0.6 is 0 Å². The smallest absolute Gasteiger partial charge is 0.0412 e. The van der Waals surface area contributed by atoms with Gasteiger partial charge in [-0.3, -0.25) is 0 Å². The number of nitrogens with one attached hydrogen (secondary N) is 1. The molecule has 0 amide bonds. The quantitative estimate of drug-likeness (QED) is 0.877. The maximum atomic E-state index is 3.45. The lowest BCUT2D eigenvalue weighted by Crippen LogP contribution is -2.46. The van der Waals surface area contributed by atoms with Crippen LogP contribution in [0.5, 0.6) is 0 Å². The van der Waals surface area contributed by atoms with Gasteiger partial charge < -0.3 is 15.1 Å². The summed E-state index contributed by atoms with van der Waals surface area (Å²) in [5, 5.41) is 3.45. The number of hydrogen-bond acceptors (Lipinski definition) is 3. The topological polar surface area (TPSA) is 18.5 Å². The molecule has 1 aliphatic rings. The van der Waals surface area contributed by atoms with Crippen LogP contribution in [0.2, 0.25) is 0 Å². The molecule has 1 aliphatic heterocycles.